The number of rotatable bonds is 3. The lowest BCUT2D eigenvalue weighted by atomic mass is 10.2. The number of hydrogen-bond acceptors (Lipinski definition) is 5. The van der Waals surface area contributed by atoms with Gasteiger partial charge < -0.3 is 9.52 Å². The van der Waals surface area contributed by atoms with Crippen LogP contribution in [0.5, 0.6) is 5.75 Å². The molecule has 0 radical (unpaired) electrons. The standard InChI is InChI=1S/C14H10N2O3S/c17-10-4-1-3-9(7-10)11-8-20-14(15-11)16-13(18)12-5-2-6-19-12/h1-8,17H,(H,15,16,18). The number of nitrogens with zero attached hydrogens (tertiary/aromatic N) is 1. The molecule has 0 fully saturated rings. The minimum Gasteiger partial charge on any atom is -0.508 e. The van der Waals surface area contributed by atoms with Crippen molar-refractivity contribution in [3.8, 4) is 17.0 Å². The lowest BCUT2D eigenvalue weighted by Gasteiger charge is -1.98. The second-order valence-electron chi connectivity index (χ2n) is 4.02. The van der Waals surface area contributed by atoms with Gasteiger partial charge in [-0.05, 0) is 24.3 Å². The number of phenolic OH excluding ortho intramolecular Hbond substituents is 1. The summed E-state index contributed by atoms with van der Waals surface area (Å²) in [6.07, 6.45) is 1.44. The Labute approximate surface area is 118 Å². The molecule has 0 bridgehead atoms. The summed E-state index contributed by atoms with van der Waals surface area (Å²) in [7, 11) is 0. The van der Waals surface area contributed by atoms with E-state index in [0.29, 0.717) is 10.8 Å². The number of amides is 1. The van der Waals surface area contributed by atoms with Gasteiger partial charge in [-0.3, -0.25) is 10.1 Å². The average molecular weight is 286 g/mol. The van der Waals surface area contributed by atoms with Crippen molar-refractivity contribution in [3.05, 3.63) is 53.8 Å². The van der Waals surface area contributed by atoms with Crippen molar-refractivity contribution < 1.29 is 14.3 Å². The van der Waals surface area contributed by atoms with E-state index in [1.54, 1.807) is 30.3 Å². The fourth-order valence-corrected chi connectivity index (χ4v) is 2.41. The highest BCUT2D eigenvalue weighted by Crippen LogP contribution is 2.27. The second kappa shape index (κ2) is 5.18. The van der Waals surface area contributed by atoms with Gasteiger partial charge in [-0.15, -0.1) is 11.3 Å². The molecule has 20 heavy (non-hydrogen) atoms. The molecular formula is C14H10N2O3S. The zero-order valence-electron chi connectivity index (χ0n) is 10.2. The third-order valence-corrected chi connectivity index (χ3v) is 3.37. The van der Waals surface area contributed by atoms with E-state index in [1.165, 1.54) is 17.6 Å². The van der Waals surface area contributed by atoms with Crippen molar-refractivity contribution in [2.75, 3.05) is 5.32 Å². The molecule has 2 N–H and O–H groups in total. The van der Waals surface area contributed by atoms with Crippen LogP contribution in [0.3, 0.4) is 0 Å². The predicted molar refractivity (Wildman–Crippen MR) is 75.9 cm³/mol. The van der Waals surface area contributed by atoms with E-state index in [1.807, 2.05) is 11.4 Å². The normalized spacial score (nSPS) is 10.4. The molecule has 0 unspecified atom stereocenters. The zero-order valence-corrected chi connectivity index (χ0v) is 11.1. The molecule has 100 valence electrons. The van der Waals surface area contributed by atoms with Crippen molar-refractivity contribution in [3.63, 3.8) is 0 Å². The van der Waals surface area contributed by atoms with Gasteiger partial charge >= 0.3 is 0 Å². The van der Waals surface area contributed by atoms with Gasteiger partial charge in [-0.1, -0.05) is 12.1 Å². The highest BCUT2D eigenvalue weighted by molar-refractivity contribution is 7.14. The number of aromatic hydroxyl groups is 1. The van der Waals surface area contributed by atoms with Gasteiger partial charge in [0.1, 0.15) is 5.75 Å². The van der Waals surface area contributed by atoms with E-state index in [0.717, 1.165) is 5.56 Å². The fraction of sp³-hybridized carbons (Fsp3) is 0. The number of nitrogens with one attached hydrogen (secondary N) is 1. The number of thiazole rings is 1. The molecule has 0 saturated heterocycles. The first-order valence-corrected chi connectivity index (χ1v) is 6.70. The molecule has 0 aliphatic rings. The molecule has 1 amide bonds. The maximum Gasteiger partial charge on any atom is 0.293 e. The highest BCUT2D eigenvalue weighted by atomic mass is 32.1. The summed E-state index contributed by atoms with van der Waals surface area (Å²) in [4.78, 5) is 16.1. The van der Waals surface area contributed by atoms with Gasteiger partial charge in [-0.25, -0.2) is 4.98 Å². The quantitative estimate of drug-likeness (QED) is 0.774. The first-order chi connectivity index (χ1) is 9.72. The van der Waals surface area contributed by atoms with Crippen LogP contribution in [0.15, 0.2) is 52.5 Å². The van der Waals surface area contributed by atoms with E-state index < -0.39 is 0 Å². The summed E-state index contributed by atoms with van der Waals surface area (Å²) in [5.41, 5.74) is 1.49. The molecule has 2 aromatic heterocycles. The van der Waals surface area contributed by atoms with Gasteiger partial charge in [0.25, 0.3) is 5.91 Å². The minimum absolute atomic E-state index is 0.177. The third kappa shape index (κ3) is 2.55. The van der Waals surface area contributed by atoms with E-state index >= 15 is 0 Å². The van der Waals surface area contributed by atoms with Gasteiger partial charge in [-0.2, -0.15) is 0 Å². The van der Waals surface area contributed by atoms with E-state index in [4.69, 9.17) is 4.42 Å². The first kappa shape index (κ1) is 12.4. The Balaban J connectivity index is 1.79. The summed E-state index contributed by atoms with van der Waals surface area (Å²) in [6.45, 7) is 0. The van der Waals surface area contributed by atoms with Crippen LogP contribution in [0.4, 0.5) is 5.13 Å². The van der Waals surface area contributed by atoms with Gasteiger partial charge in [0.05, 0.1) is 12.0 Å². The molecular weight excluding hydrogens is 276 g/mol. The average Bonchev–Trinajstić information content (AvgIpc) is 3.10. The molecule has 6 heteroatoms. The highest BCUT2D eigenvalue weighted by Gasteiger charge is 2.12. The molecule has 0 aliphatic heterocycles. The summed E-state index contributed by atoms with van der Waals surface area (Å²) < 4.78 is 5.01. The number of anilines is 1. The number of carbonyl (C=O) groups excluding carboxylic acids is 1. The van der Waals surface area contributed by atoms with Crippen LogP contribution in [-0.2, 0) is 0 Å². The summed E-state index contributed by atoms with van der Waals surface area (Å²) in [5.74, 6) is 0.0718. The summed E-state index contributed by atoms with van der Waals surface area (Å²) >= 11 is 1.31. The number of phenols is 1. The van der Waals surface area contributed by atoms with Crippen LogP contribution < -0.4 is 5.32 Å². The van der Waals surface area contributed by atoms with Crippen molar-refractivity contribution in [1.29, 1.82) is 0 Å². The third-order valence-electron chi connectivity index (χ3n) is 2.61. The lowest BCUT2D eigenvalue weighted by molar-refractivity contribution is 0.0996. The van der Waals surface area contributed by atoms with E-state index in [2.05, 4.69) is 10.3 Å². The van der Waals surface area contributed by atoms with Crippen molar-refractivity contribution >= 4 is 22.4 Å². The Kier molecular flexibility index (Phi) is 3.22. The van der Waals surface area contributed by atoms with E-state index in [9.17, 15) is 9.90 Å². The van der Waals surface area contributed by atoms with Crippen LogP contribution in [0.25, 0.3) is 11.3 Å². The topological polar surface area (TPSA) is 75.4 Å². The van der Waals surface area contributed by atoms with Gasteiger partial charge in [0.15, 0.2) is 10.9 Å². The molecule has 0 spiro atoms. The molecule has 3 aromatic rings. The van der Waals surface area contributed by atoms with E-state index in [-0.39, 0.29) is 17.4 Å². The van der Waals surface area contributed by atoms with Crippen LogP contribution in [0.1, 0.15) is 10.6 Å². The van der Waals surface area contributed by atoms with Crippen LogP contribution in [0, 0.1) is 0 Å². The number of carbonyl (C=O) groups is 1. The Morgan fingerprint density at radius 3 is 2.95 bits per heavy atom. The summed E-state index contributed by atoms with van der Waals surface area (Å²) in [5, 5.41) is 14.4. The molecule has 1 aromatic carbocycles. The molecule has 0 aliphatic carbocycles. The zero-order chi connectivity index (χ0) is 13.9. The lowest BCUT2D eigenvalue weighted by Crippen LogP contribution is -2.10. The molecule has 3 rings (SSSR count). The number of furan rings is 1. The fourth-order valence-electron chi connectivity index (χ4n) is 1.70. The monoisotopic (exact) mass is 286 g/mol. The largest absolute Gasteiger partial charge is 0.508 e. The maximum absolute atomic E-state index is 11.8. The Bertz CT molecular complexity index is 734. The number of aromatic nitrogens is 1. The van der Waals surface area contributed by atoms with Crippen LogP contribution in [-0.4, -0.2) is 16.0 Å². The maximum atomic E-state index is 11.8. The second-order valence-corrected chi connectivity index (χ2v) is 4.88. The Morgan fingerprint density at radius 2 is 2.20 bits per heavy atom. The van der Waals surface area contributed by atoms with Crippen molar-refractivity contribution in [2.45, 2.75) is 0 Å². The Hall–Kier alpha value is -2.60. The smallest absolute Gasteiger partial charge is 0.293 e. The van der Waals surface area contributed by atoms with Crippen LogP contribution >= 0.6 is 11.3 Å². The van der Waals surface area contributed by atoms with Gasteiger partial charge in [0.2, 0.25) is 0 Å². The molecule has 5 nitrogen and oxygen atoms in total. The predicted octanol–water partition coefficient (Wildman–Crippen LogP) is 3.36. The molecule has 0 atom stereocenters. The van der Waals surface area contributed by atoms with Crippen LogP contribution in [0.2, 0.25) is 0 Å². The van der Waals surface area contributed by atoms with Gasteiger partial charge in [0, 0.05) is 10.9 Å². The van der Waals surface area contributed by atoms with Crippen molar-refractivity contribution in [1.82, 2.24) is 4.98 Å². The molecule has 2 heterocycles. The number of benzene rings is 1. The summed E-state index contributed by atoms with van der Waals surface area (Å²) in [6, 6.07) is 10.0. The minimum atomic E-state index is -0.341. The molecule has 0 saturated carbocycles. The number of hydrogen-bond donors (Lipinski definition) is 2. The first-order valence-electron chi connectivity index (χ1n) is 5.82. The Morgan fingerprint density at radius 1 is 1.30 bits per heavy atom. The van der Waals surface area contributed by atoms with Crippen molar-refractivity contribution in [2.24, 2.45) is 0 Å². The SMILES string of the molecule is O=C(Nc1nc(-c2cccc(O)c2)cs1)c1ccco1.